The molecule has 0 amide bonds. The van der Waals surface area contributed by atoms with Crippen LogP contribution in [-0.4, -0.2) is 10.2 Å². The fraction of sp³-hybridized carbons (Fsp3) is 0.667. The molecule has 1 aliphatic rings. The molecule has 1 heterocycles. The molecule has 76 valence electrons. The Morgan fingerprint density at radius 1 is 1.00 bits per heavy atom. The fourth-order valence-electron chi connectivity index (χ4n) is 2.26. The second-order valence-corrected chi connectivity index (χ2v) is 4.20. The van der Waals surface area contributed by atoms with E-state index in [1.165, 1.54) is 56.1 Å². The third-order valence-corrected chi connectivity index (χ3v) is 3.12. The molecule has 14 heavy (non-hydrogen) atoms. The normalized spacial score (nSPS) is 17.8. The lowest BCUT2D eigenvalue weighted by atomic mass is 10.0. The average molecular weight is 190 g/mol. The van der Waals surface area contributed by atoms with Gasteiger partial charge < -0.3 is 0 Å². The molecule has 2 nitrogen and oxygen atoms in total. The molecule has 0 aliphatic heterocycles. The molecule has 0 unspecified atom stereocenters. The van der Waals surface area contributed by atoms with Crippen LogP contribution >= 0.6 is 0 Å². The Morgan fingerprint density at radius 2 is 1.71 bits per heavy atom. The fourth-order valence-corrected chi connectivity index (χ4v) is 2.26. The van der Waals surface area contributed by atoms with Gasteiger partial charge in [0.25, 0.3) is 0 Å². The third-order valence-electron chi connectivity index (χ3n) is 3.12. The molecule has 0 atom stereocenters. The zero-order chi connectivity index (χ0) is 9.80. The maximum atomic E-state index is 4.15. The van der Waals surface area contributed by atoms with Crippen molar-refractivity contribution in [2.75, 3.05) is 0 Å². The number of nitrogens with zero attached hydrogens (tertiary/aromatic N) is 2. The Hall–Kier alpha value is -0.920. The minimum atomic E-state index is 1.14. The van der Waals surface area contributed by atoms with Crippen molar-refractivity contribution in [2.24, 2.45) is 0 Å². The first kappa shape index (κ1) is 9.63. The predicted octanol–water partition coefficient (Wildman–Crippen LogP) is 2.83. The summed E-state index contributed by atoms with van der Waals surface area (Å²) < 4.78 is 0. The van der Waals surface area contributed by atoms with Crippen LogP contribution in [0.4, 0.5) is 0 Å². The quantitative estimate of drug-likeness (QED) is 0.628. The Bertz CT molecular complexity index is 307. The second-order valence-electron chi connectivity index (χ2n) is 4.20. The summed E-state index contributed by atoms with van der Waals surface area (Å²) in [6.45, 7) is 2.09. The number of hydrogen-bond donors (Lipinski definition) is 0. The maximum Gasteiger partial charge on any atom is 0.0634 e. The Morgan fingerprint density at radius 3 is 2.57 bits per heavy atom. The number of aromatic nitrogens is 2. The van der Waals surface area contributed by atoms with Crippen molar-refractivity contribution in [1.29, 1.82) is 0 Å². The Balaban J connectivity index is 2.26. The average Bonchev–Trinajstić information content (AvgIpc) is 2.30. The molecule has 1 aromatic heterocycles. The van der Waals surface area contributed by atoms with Gasteiger partial charge in [0.15, 0.2) is 0 Å². The minimum absolute atomic E-state index is 1.14. The van der Waals surface area contributed by atoms with Crippen molar-refractivity contribution in [3.63, 3.8) is 0 Å². The first-order valence-corrected chi connectivity index (χ1v) is 5.68. The van der Waals surface area contributed by atoms with Crippen molar-refractivity contribution >= 4 is 0 Å². The molecule has 0 bridgehead atoms. The molecule has 0 fully saturated rings. The summed E-state index contributed by atoms with van der Waals surface area (Å²) in [5.41, 5.74) is 4.06. The van der Waals surface area contributed by atoms with E-state index >= 15 is 0 Å². The molecular weight excluding hydrogens is 172 g/mol. The number of aryl methyl sites for hydroxylation is 2. The van der Waals surface area contributed by atoms with Gasteiger partial charge in [-0.25, -0.2) is 0 Å². The van der Waals surface area contributed by atoms with Crippen LogP contribution in [0, 0.1) is 6.92 Å². The lowest BCUT2D eigenvalue weighted by Gasteiger charge is -2.08. The SMILES string of the molecule is Cc1nncc2c1CCCCCCC2. The van der Waals surface area contributed by atoms with E-state index in [0.717, 1.165) is 5.69 Å². The van der Waals surface area contributed by atoms with Gasteiger partial charge in [-0.3, -0.25) is 0 Å². The molecule has 0 radical (unpaired) electrons. The van der Waals surface area contributed by atoms with Gasteiger partial charge in [0, 0.05) is 0 Å². The van der Waals surface area contributed by atoms with Gasteiger partial charge in [-0.15, -0.1) is 0 Å². The Kier molecular flexibility index (Phi) is 3.12. The van der Waals surface area contributed by atoms with E-state index in [1.807, 2.05) is 6.20 Å². The van der Waals surface area contributed by atoms with Crippen LogP contribution in [-0.2, 0) is 12.8 Å². The van der Waals surface area contributed by atoms with Crippen LogP contribution in [0.15, 0.2) is 6.20 Å². The molecule has 2 heteroatoms. The molecule has 0 spiro atoms. The highest BCUT2D eigenvalue weighted by Gasteiger charge is 2.09. The van der Waals surface area contributed by atoms with Crippen molar-refractivity contribution in [1.82, 2.24) is 10.2 Å². The molecule has 0 saturated heterocycles. The molecule has 0 aromatic carbocycles. The topological polar surface area (TPSA) is 25.8 Å². The highest BCUT2D eigenvalue weighted by atomic mass is 15.1. The molecule has 1 aliphatic carbocycles. The minimum Gasteiger partial charge on any atom is -0.159 e. The first-order valence-electron chi connectivity index (χ1n) is 5.68. The van der Waals surface area contributed by atoms with Crippen molar-refractivity contribution in [3.05, 3.63) is 23.0 Å². The smallest absolute Gasteiger partial charge is 0.0634 e. The van der Waals surface area contributed by atoms with Crippen LogP contribution in [0.5, 0.6) is 0 Å². The van der Waals surface area contributed by atoms with E-state index < -0.39 is 0 Å². The van der Waals surface area contributed by atoms with E-state index in [1.54, 1.807) is 0 Å². The van der Waals surface area contributed by atoms with Crippen LogP contribution in [0.1, 0.15) is 48.9 Å². The summed E-state index contributed by atoms with van der Waals surface area (Å²) in [6, 6.07) is 0. The molecule has 1 aromatic rings. The van der Waals surface area contributed by atoms with Crippen molar-refractivity contribution < 1.29 is 0 Å². The highest BCUT2D eigenvalue weighted by molar-refractivity contribution is 5.27. The van der Waals surface area contributed by atoms with Crippen LogP contribution < -0.4 is 0 Å². The summed E-state index contributed by atoms with van der Waals surface area (Å²) in [4.78, 5) is 0. The maximum absolute atomic E-state index is 4.15. The lowest BCUT2D eigenvalue weighted by Crippen LogP contribution is -2.01. The number of rotatable bonds is 0. The van der Waals surface area contributed by atoms with E-state index in [0.29, 0.717) is 0 Å². The summed E-state index contributed by atoms with van der Waals surface area (Å²) in [6.07, 6.45) is 11.2. The van der Waals surface area contributed by atoms with Crippen LogP contribution in [0.3, 0.4) is 0 Å². The monoisotopic (exact) mass is 190 g/mol. The molecule has 0 N–H and O–H groups in total. The highest BCUT2D eigenvalue weighted by Crippen LogP contribution is 2.20. The molecule has 2 rings (SSSR count). The van der Waals surface area contributed by atoms with Gasteiger partial charge in [-0.05, 0) is 43.7 Å². The van der Waals surface area contributed by atoms with E-state index in [4.69, 9.17) is 0 Å². The van der Waals surface area contributed by atoms with Gasteiger partial charge in [0.1, 0.15) is 0 Å². The lowest BCUT2D eigenvalue weighted by molar-refractivity contribution is 0.629. The van der Waals surface area contributed by atoms with Gasteiger partial charge in [-0.1, -0.05) is 19.3 Å². The zero-order valence-corrected chi connectivity index (χ0v) is 8.92. The summed E-state index contributed by atoms with van der Waals surface area (Å²) in [5.74, 6) is 0. The largest absolute Gasteiger partial charge is 0.159 e. The molecule has 0 saturated carbocycles. The van der Waals surface area contributed by atoms with Crippen molar-refractivity contribution in [3.8, 4) is 0 Å². The van der Waals surface area contributed by atoms with E-state index in [-0.39, 0.29) is 0 Å². The third kappa shape index (κ3) is 2.11. The van der Waals surface area contributed by atoms with E-state index in [9.17, 15) is 0 Å². The van der Waals surface area contributed by atoms with Gasteiger partial charge in [-0.2, -0.15) is 10.2 Å². The first-order chi connectivity index (χ1) is 6.88. The predicted molar refractivity (Wildman–Crippen MR) is 57.3 cm³/mol. The Labute approximate surface area is 85.8 Å². The van der Waals surface area contributed by atoms with Crippen molar-refractivity contribution in [2.45, 2.75) is 51.9 Å². The second kappa shape index (κ2) is 4.54. The standard InChI is InChI=1S/C12H18N2/c1-10-12-8-6-4-2-3-5-7-11(12)9-13-14-10/h9H,2-8H2,1H3. The van der Waals surface area contributed by atoms with Gasteiger partial charge in [0.2, 0.25) is 0 Å². The summed E-state index contributed by atoms with van der Waals surface area (Å²) in [7, 11) is 0. The number of hydrogen-bond acceptors (Lipinski definition) is 2. The van der Waals surface area contributed by atoms with Crippen LogP contribution in [0.25, 0.3) is 0 Å². The summed E-state index contributed by atoms with van der Waals surface area (Å²) in [5, 5.41) is 8.20. The summed E-state index contributed by atoms with van der Waals surface area (Å²) >= 11 is 0. The number of fused-ring (bicyclic) bond motifs is 1. The van der Waals surface area contributed by atoms with E-state index in [2.05, 4.69) is 17.1 Å². The molecular formula is C12H18N2. The van der Waals surface area contributed by atoms with Crippen LogP contribution in [0.2, 0.25) is 0 Å². The van der Waals surface area contributed by atoms with Gasteiger partial charge in [0.05, 0.1) is 11.9 Å². The van der Waals surface area contributed by atoms with Gasteiger partial charge >= 0.3 is 0 Å². The zero-order valence-electron chi connectivity index (χ0n) is 8.92.